The molecule has 2 N–H and O–H groups in total. The molecule has 17 heavy (non-hydrogen) atoms. The van der Waals surface area contributed by atoms with Gasteiger partial charge in [0.2, 0.25) is 5.89 Å². The Hall–Kier alpha value is -1.46. The van der Waals surface area contributed by atoms with Gasteiger partial charge in [-0.05, 0) is 26.0 Å². The standard InChI is InChI=1S/C12H15N3O2/c1-7-3-4-8-10(14-7)15-11(17-8)12(2)6-16-5-9(12)13/h3-4,9H,5-6,13H2,1-2H3. The summed E-state index contributed by atoms with van der Waals surface area (Å²) in [5.41, 5.74) is 7.96. The second kappa shape index (κ2) is 3.51. The smallest absolute Gasteiger partial charge is 0.206 e. The van der Waals surface area contributed by atoms with Gasteiger partial charge in [0.15, 0.2) is 11.2 Å². The predicted molar refractivity (Wildman–Crippen MR) is 62.7 cm³/mol. The summed E-state index contributed by atoms with van der Waals surface area (Å²) in [6, 6.07) is 3.71. The Labute approximate surface area is 99.0 Å². The van der Waals surface area contributed by atoms with Gasteiger partial charge in [0.05, 0.1) is 18.6 Å². The van der Waals surface area contributed by atoms with Crippen molar-refractivity contribution in [3.8, 4) is 0 Å². The number of aromatic nitrogens is 2. The molecule has 2 aromatic heterocycles. The first kappa shape index (κ1) is 10.7. The first-order valence-electron chi connectivity index (χ1n) is 5.67. The number of rotatable bonds is 1. The van der Waals surface area contributed by atoms with Crippen molar-refractivity contribution in [2.24, 2.45) is 5.73 Å². The molecular formula is C12H15N3O2. The van der Waals surface area contributed by atoms with Gasteiger partial charge in [0.25, 0.3) is 0 Å². The van der Waals surface area contributed by atoms with E-state index in [4.69, 9.17) is 14.9 Å². The van der Waals surface area contributed by atoms with E-state index in [1.54, 1.807) is 0 Å². The van der Waals surface area contributed by atoms with E-state index in [0.717, 1.165) is 5.69 Å². The average molecular weight is 233 g/mol. The highest BCUT2D eigenvalue weighted by Crippen LogP contribution is 2.32. The molecule has 1 aliphatic rings. The second-order valence-corrected chi connectivity index (χ2v) is 4.83. The Morgan fingerprint density at radius 3 is 2.94 bits per heavy atom. The van der Waals surface area contributed by atoms with Gasteiger partial charge >= 0.3 is 0 Å². The molecule has 90 valence electrons. The van der Waals surface area contributed by atoms with E-state index in [2.05, 4.69) is 9.97 Å². The highest BCUT2D eigenvalue weighted by Gasteiger charge is 2.43. The van der Waals surface area contributed by atoms with Gasteiger partial charge in [-0.3, -0.25) is 0 Å². The van der Waals surface area contributed by atoms with Crippen molar-refractivity contribution in [2.45, 2.75) is 25.3 Å². The van der Waals surface area contributed by atoms with E-state index in [0.29, 0.717) is 30.3 Å². The van der Waals surface area contributed by atoms with Gasteiger partial charge in [-0.2, -0.15) is 4.98 Å². The molecule has 5 nitrogen and oxygen atoms in total. The van der Waals surface area contributed by atoms with Crippen LogP contribution in [0, 0.1) is 6.92 Å². The third kappa shape index (κ3) is 1.54. The van der Waals surface area contributed by atoms with Crippen LogP contribution < -0.4 is 5.73 Å². The van der Waals surface area contributed by atoms with Crippen LogP contribution in [-0.2, 0) is 10.2 Å². The van der Waals surface area contributed by atoms with Gasteiger partial charge in [-0.1, -0.05) is 0 Å². The topological polar surface area (TPSA) is 74.2 Å². The summed E-state index contributed by atoms with van der Waals surface area (Å²) in [4.78, 5) is 8.78. The van der Waals surface area contributed by atoms with Gasteiger partial charge in [-0.15, -0.1) is 0 Å². The maximum absolute atomic E-state index is 6.05. The maximum Gasteiger partial charge on any atom is 0.206 e. The number of ether oxygens (including phenoxy) is 1. The summed E-state index contributed by atoms with van der Waals surface area (Å²) in [7, 11) is 0. The molecule has 1 fully saturated rings. The number of nitrogens with zero attached hydrogens (tertiary/aromatic N) is 2. The molecular weight excluding hydrogens is 218 g/mol. The SMILES string of the molecule is Cc1ccc2oc(C3(C)COCC3N)nc2n1. The lowest BCUT2D eigenvalue weighted by Gasteiger charge is -2.22. The van der Waals surface area contributed by atoms with Crippen LogP contribution >= 0.6 is 0 Å². The molecule has 1 aliphatic heterocycles. The Morgan fingerprint density at radius 2 is 2.24 bits per heavy atom. The summed E-state index contributed by atoms with van der Waals surface area (Å²) in [5.74, 6) is 0.621. The van der Waals surface area contributed by atoms with E-state index in [9.17, 15) is 0 Å². The Kier molecular flexibility index (Phi) is 2.21. The Bertz CT molecular complexity index is 566. The largest absolute Gasteiger partial charge is 0.438 e. The van der Waals surface area contributed by atoms with Crippen molar-refractivity contribution in [1.82, 2.24) is 9.97 Å². The van der Waals surface area contributed by atoms with Crippen molar-refractivity contribution in [3.63, 3.8) is 0 Å². The van der Waals surface area contributed by atoms with Gasteiger partial charge in [0.1, 0.15) is 0 Å². The summed E-state index contributed by atoms with van der Waals surface area (Å²) in [5, 5.41) is 0. The van der Waals surface area contributed by atoms with Crippen LogP contribution in [0.4, 0.5) is 0 Å². The zero-order valence-electron chi connectivity index (χ0n) is 9.93. The fourth-order valence-electron chi connectivity index (χ4n) is 2.07. The summed E-state index contributed by atoms with van der Waals surface area (Å²) in [6.07, 6.45) is 0. The normalized spacial score (nSPS) is 29.0. The van der Waals surface area contributed by atoms with Crippen LogP contribution in [0.3, 0.4) is 0 Å². The van der Waals surface area contributed by atoms with E-state index < -0.39 is 0 Å². The fraction of sp³-hybridized carbons (Fsp3) is 0.500. The minimum Gasteiger partial charge on any atom is -0.438 e. The lowest BCUT2D eigenvalue weighted by atomic mass is 9.86. The van der Waals surface area contributed by atoms with E-state index in [1.165, 1.54) is 0 Å². The predicted octanol–water partition coefficient (Wildman–Crippen LogP) is 1.15. The fourth-order valence-corrected chi connectivity index (χ4v) is 2.07. The van der Waals surface area contributed by atoms with Crippen molar-refractivity contribution in [2.75, 3.05) is 13.2 Å². The molecule has 2 aromatic rings. The van der Waals surface area contributed by atoms with Crippen LogP contribution in [0.1, 0.15) is 18.5 Å². The first-order chi connectivity index (χ1) is 8.09. The minimum atomic E-state index is -0.353. The molecule has 3 heterocycles. The Balaban J connectivity index is 2.12. The summed E-state index contributed by atoms with van der Waals surface area (Å²) >= 11 is 0. The first-order valence-corrected chi connectivity index (χ1v) is 5.67. The second-order valence-electron chi connectivity index (χ2n) is 4.83. The molecule has 2 unspecified atom stereocenters. The molecule has 3 rings (SSSR count). The van der Waals surface area contributed by atoms with Crippen molar-refractivity contribution >= 4 is 11.2 Å². The van der Waals surface area contributed by atoms with Crippen LogP contribution in [0.15, 0.2) is 16.5 Å². The van der Waals surface area contributed by atoms with E-state index in [-0.39, 0.29) is 11.5 Å². The highest BCUT2D eigenvalue weighted by molar-refractivity contribution is 5.68. The number of nitrogens with two attached hydrogens (primary N) is 1. The van der Waals surface area contributed by atoms with Crippen LogP contribution in [0.25, 0.3) is 11.2 Å². The van der Waals surface area contributed by atoms with Gasteiger partial charge in [-0.25, -0.2) is 4.98 Å². The van der Waals surface area contributed by atoms with Crippen molar-refractivity contribution in [1.29, 1.82) is 0 Å². The van der Waals surface area contributed by atoms with E-state index >= 15 is 0 Å². The van der Waals surface area contributed by atoms with Crippen LogP contribution in [0.5, 0.6) is 0 Å². The molecule has 5 heteroatoms. The third-order valence-corrected chi connectivity index (χ3v) is 3.40. The van der Waals surface area contributed by atoms with Gasteiger partial charge < -0.3 is 14.9 Å². The van der Waals surface area contributed by atoms with Crippen molar-refractivity contribution < 1.29 is 9.15 Å². The number of fused-ring (bicyclic) bond motifs is 1. The van der Waals surface area contributed by atoms with Crippen molar-refractivity contribution in [3.05, 3.63) is 23.7 Å². The molecule has 0 aromatic carbocycles. The minimum absolute atomic E-state index is 0.0864. The zero-order valence-corrected chi connectivity index (χ0v) is 9.93. The van der Waals surface area contributed by atoms with Crippen LogP contribution in [0.2, 0.25) is 0 Å². The molecule has 1 saturated heterocycles. The molecule has 0 aliphatic carbocycles. The summed E-state index contributed by atoms with van der Waals surface area (Å²) < 4.78 is 11.1. The number of aryl methyl sites for hydroxylation is 1. The number of hydrogen-bond acceptors (Lipinski definition) is 5. The lowest BCUT2D eigenvalue weighted by Crippen LogP contribution is -2.42. The molecule has 0 amide bonds. The summed E-state index contributed by atoms with van der Waals surface area (Å²) in [6.45, 7) is 5.03. The number of oxazole rings is 1. The zero-order chi connectivity index (χ0) is 12.0. The molecule has 0 bridgehead atoms. The van der Waals surface area contributed by atoms with Gasteiger partial charge in [0, 0.05) is 11.7 Å². The van der Waals surface area contributed by atoms with E-state index in [1.807, 2.05) is 26.0 Å². The lowest BCUT2D eigenvalue weighted by molar-refractivity contribution is 0.173. The monoisotopic (exact) mass is 233 g/mol. The quantitative estimate of drug-likeness (QED) is 0.799. The molecule has 0 saturated carbocycles. The Morgan fingerprint density at radius 1 is 1.41 bits per heavy atom. The number of pyridine rings is 1. The highest BCUT2D eigenvalue weighted by atomic mass is 16.5. The molecule has 2 atom stereocenters. The average Bonchev–Trinajstić information content (AvgIpc) is 2.84. The number of hydrogen-bond donors (Lipinski definition) is 1. The van der Waals surface area contributed by atoms with Crippen LogP contribution in [-0.4, -0.2) is 29.2 Å². The molecule has 0 spiro atoms. The maximum atomic E-state index is 6.05. The third-order valence-electron chi connectivity index (χ3n) is 3.40. The molecule has 0 radical (unpaired) electrons.